The molecule has 0 aliphatic carbocycles. The van der Waals surface area contributed by atoms with Crippen LogP contribution in [0.1, 0.15) is 31.9 Å². The van der Waals surface area contributed by atoms with Crippen molar-refractivity contribution in [2.24, 2.45) is 5.92 Å². The Morgan fingerprint density at radius 1 is 1.24 bits per heavy atom. The van der Waals surface area contributed by atoms with Crippen LogP contribution < -0.4 is 10.6 Å². The van der Waals surface area contributed by atoms with Crippen LogP contribution in [0.4, 0.5) is 5.69 Å². The lowest BCUT2D eigenvalue weighted by molar-refractivity contribution is -0.137. The molecule has 1 aromatic carbocycles. The van der Waals surface area contributed by atoms with Gasteiger partial charge in [-0.15, -0.1) is 0 Å². The number of hydrogen-bond donors (Lipinski definition) is 3. The third-order valence-electron chi connectivity index (χ3n) is 3.69. The second-order valence-electron chi connectivity index (χ2n) is 5.97. The van der Waals surface area contributed by atoms with E-state index < -0.39 is 17.4 Å². The maximum Gasteiger partial charge on any atom is 0.313 e. The van der Waals surface area contributed by atoms with E-state index in [0.29, 0.717) is 5.69 Å². The van der Waals surface area contributed by atoms with Crippen LogP contribution >= 0.6 is 0 Å². The van der Waals surface area contributed by atoms with E-state index in [0.717, 1.165) is 11.1 Å². The van der Waals surface area contributed by atoms with E-state index in [-0.39, 0.29) is 12.5 Å². The van der Waals surface area contributed by atoms with E-state index in [1.807, 2.05) is 39.8 Å². The Labute approximate surface area is 125 Å². The van der Waals surface area contributed by atoms with Crippen molar-refractivity contribution in [2.75, 3.05) is 11.9 Å². The molecule has 5 heteroatoms. The van der Waals surface area contributed by atoms with E-state index in [4.69, 9.17) is 0 Å². The molecule has 0 aliphatic heterocycles. The lowest BCUT2D eigenvalue weighted by Gasteiger charge is -2.27. The highest BCUT2D eigenvalue weighted by Crippen LogP contribution is 2.16. The summed E-state index contributed by atoms with van der Waals surface area (Å²) in [7, 11) is 0. The van der Waals surface area contributed by atoms with Gasteiger partial charge in [0.05, 0.1) is 5.60 Å². The normalized spacial score (nSPS) is 13.7. The van der Waals surface area contributed by atoms with Crippen LogP contribution in [0.2, 0.25) is 0 Å². The highest BCUT2D eigenvalue weighted by atomic mass is 16.3. The number of nitrogens with one attached hydrogen (secondary N) is 2. The van der Waals surface area contributed by atoms with Gasteiger partial charge in [-0.25, -0.2) is 0 Å². The molecule has 2 amide bonds. The molecule has 0 aliphatic rings. The predicted octanol–water partition coefficient (Wildman–Crippen LogP) is 1.77. The molecule has 0 bridgehead atoms. The van der Waals surface area contributed by atoms with Gasteiger partial charge in [0.2, 0.25) is 0 Å². The van der Waals surface area contributed by atoms with Crippen LogP contribution in [0.25, 0.3) is 0 Å². The number of carbonyl (C=O) groups is 2. The summed E-state index contributed by atoms with van der Waals surface area (Å²) in [5.74, 6) is -1.52. The maximum atomic E-state index is 11.8. The van der Waals surface area contributed by atoms with E-state index in [2.05, 4.69) is 10.6 Å². The summed E-state index contributed by atoms with van der Waals surface area (Å²) in [6.45, 7) is 9.18. The fraction of sp³-hybridized carbons (Fsp3) is 0.500. The van der Waals surface area contributed by atoms with Crippen molar-refractivity contribution in [3.8, 4) is 0 Å². The van der Waals surface area contributed by atoms with Crippen LogP contribution in [-0.2, 0) is 9.59 Å². The zero-order valence-electron chi connectivity index (χ0n) is 13.3. The Balaban J connectivity index is 2.61. The largest absolute Gasteiger partial charge is 0.388 e. The lowest BCUT2D eigenvalue weighted by atomic mass is 9.92. The van der Waals surface area contributed by atoms with E-state index >= 15 is 0 Å². The van der Waals surface area contributed by atoms with Crippen molar-refractivity contribution in [1.82, 2.24) is 5.32 Å². The van der Waals surface area contributed by atoms with Crippen molar-refractivity contribution >= 4 is 17.5 Å². The highest BCUT2D eigenvalue weighted by Gasteiger charge is 2.26. The number of hydrogen-bond acceptors (Lipinski definition) is 3. The Bertz CT molecular complexity index is 536. The summed E-state index contributed by atoms with van der Waals surface area (Å²) in [6.07, 6.45) is 0. The number of benzene rings is 1. The minimum absolute atomic E-state index is 0.0276. The molecule has 0 fully saturated rings. The van der Waals surface area contributed by atoms with E-state index in [1.54, 1.807) is 13.0 Å². The Morgan fingerprint density at radius 2 is 1.86 bits per heavy atom. The second-order valence-corrected chi connectivity index (χ2v) is 5.97. The molecular weight excluding hydrogens is 268 g/mol. The zero-order valence-corrected chi connectivity index (χ0v) is 13.3. The molecule has 21 heavy (non-hydrogen) atoms. The highest BCUT2D eigenvalue weighted by molar-refractivity contribution is 6.39. The Morgan fingerprint density at radius 3 is 2.38 bits per heavy atom. The molecule has 1 atom stereocenters. The topological polar surface area (TPSA) is 78.4 Å². The van der Waals surface area contributed by atoms with Gasteiger partial charge in [0.15, 0.2) is 0 Å². The minimum atomic E-state index is -1.05. The molecule has 3 N–H and O–H groups in total. The van der Waals surface area contributed by atoms with Gasteiger partial charge in [0, 0.05) is 12.2 Å². The molecule has 116 valence electrons. The van der Waals surface area contributed by atoms with Gasteiger partial charge in [0.1, 0.15) is 0 Å². The average molecular weight is 292 g/mol. The molecule has 0 heterocycles. The summed E-state index contributed by atoms with van der Waals surface area (Å²) in [5.41, 5.74) is 1.54. The van der Waals surface area contributed by atoms with Crippen LogP contribution in [-0.4, -0.2) is 29.1 Å². The molecule has 0 spiro atoms. The average Bonchev–Trinajstić information content (AvgIpc) is 2.39. The van der Waals surface area contributed by atoms with Crippen molar-refractivity contribution < 1.29 is 14.7 Å². The molecule has 0 aromatic heterocycles. The summed E-state index contributed by atoms with van der Waals surface area (Å²) >= 11 is 0. The second kappa shape index (κ2) is 6.72. The van der Waals surface area contributed by atoms with Gasteiger partial charge in [-0.1, -0.05) is 31.5 Å². The molecule has 0 radical (unpaired) electrons. The first kappa shape index (κ1) is 17.2. The van der Waals surface area contributed by atoms with Gasteiger partial charge < -0.3 is 15.7 Å². The van der Waals surface area contributed by atoms with Crippen LogP contribution in [0.3, 0.4) is 0 Å². The zero-order chi connectivity index (χ0) is 16.2. The van der Waals surface area contributed by atoms with Crippen molar-refractivity contribution in [1.29, 1.82) is 0 Å². The van der Waals surface area contributed by atoms with Crippen LogP contribution in [0, 0.1) is 19.8 Å². The number of aryl methyl sites for hydroxylation is 2. The summed E-state index contributed by atoms with van der Waals surface area (Å²) in [5, 5.41) is 15.1. The van der Waals surface area contributed by atoms with Crippen molar-refractivity contribution in [3.63, 3.8) is 0 Å². The molecule has 5 nitrogen and oxygen atoms in total. The number of rotatable bonds is 4. The molecular formula is C16H24N2O3. The van der Waals surface area contributed by atoms with Crippen molar-refractivity contribution in [3.05, 3.63) is 29.3 Å². The molecule has 1 rings (SSSR count). The van der Waals surface area contributed by atoms with Crippen LogP contribution in [0.5, 0.6) is 0 Å². The molecule has 1 unspecified atom stereocenters. The predicted molar refractivity (Wildman–Crippen MR) is 83.0 cm³/mol. The monoisotopic (exact) mass is 292 g/mol. The van der Waals surface area contributed by atoms with Gasteiger partial charge in [-0.3, -0.25) is 9.59 Å². The number of carbonyl (C=O) groups excluding carboxylic acids is 2. The lowest BCUT2D eigenvalue weighted by Crippen LogP contribution is -2.47. The van der Waals surface area contributed by atoms with Gasteiger partial charge >= 0.3 is 11.8 Å². The number of aliphatic hydroxyl groups is 1. The number of anilines is 1. The van der Waals surface area contributed by atoms with E-state index in [1.165, 1.54) is 0 Å². The summed E-state index contributed by atoms with van der Waals surface area (Å²) in [6, 6.07) is 5.56. The standard InChI is InChI=1S/C16H24N2O3/c1-10(2)16(5,21)9-17-14(19)15(20)18-13-7-6-11(3)8-12(13)4/h6-8,10,21H,9H2,1-5H3,(H,17,19)(H,18,20). The summed E-state index contributed by atoms with van der Waals surface area (Å²) < 4.78 is 0. The third-order valence-corrected chi connectivity index (χ3v) is 3.69. The SMILES string of the molecule is Cc1ccc(NC(=O)C(=O)NCC(C)(O)C(C)C)c(C)c1. The third kappa shape index (κ3) is 4.86. The van der Waals surface area contributed by atoms with Gasteiger partial charge in [-0.2, -0.15) is 0 Å². The fourth-order valence-corrected chi connectivity index (χ4v) is 1.68. The molecule has 0 saturated heterocycles. The first-order valence-corrected chi connectivity index (χ1v) is 7.02. The Kier molecular flexibility index (Phi) is 5.49. The smallest absolute Gasteiger partial charge is 0.313 e. The maximum absolute atomic E-state index is 11.8. The molecule has 1 aromatic rings. The number of amides is 2. The fourth-order valence-electron chi connectivity index (χ4n) is 1.68. The van der Waals surface area contributed by atoms with Crippen LogP contribution in [0.15, 0.2) is 18.2 Å². The quantitative estimate of drug-likeness (QED) is 0.740. The molecule has 0 saturated carbocycles. The van der Waals surface area contributed by atoms with E-state index in [9.17, 15) is 14.7 Å². The Hall–Kier alpha value is -1.88. The van der Waals surface area contributed by atoms with Gasteiger partial charge in [0.25, 0.3) is 0 Å². The van der Waals surface area contributed by atoms with Gasteiger partial charge in [-0.05, 0) is 38.3 Å². The summed E-state index contributed by atoms with van der Waals surface area (Å²) in [4.78, 5) is 23.6. The minimum Gasteiger partial charge on any atom is -0.388 e. The first-order valence-electron chi connectivity index (χ1n) is 7.02. The first-order chi connectivity index (χ1) is 9.63. The van der Waals surface area contributed by atoms with Crippen molar-refractivity contribution in [2.45, 2.75) is 40.2 Å².